The van der Waals surface area contributed by atoms with E-state index in [0.29, 0.717) is 24.5 Å². The predicted octanol–water partition coefficient (Wildman–Crippen LogP) is 11.1. The van der Waals surface area contributed by atoms with Gasteiger partial charge in [0.05, 0.1) is 18.0 Å². The number of nitrogens with zero attached hydrogens (tertiary/aromatic N) is 4. The minimum atomic E-state index is -1.90. The zero-order valence-electron chi connectivity index (χ0n) is 39.7. The Bertz CT molecular complexity index is 1640. The van der Waals surface area contributed by atoms with Gasteiger partial charge in [0.15, 0.2) is 20.5 Å². The van der Waals surface area contributed by atoms with Crippen molar-refractivity contribution in [1.82, 2.24) is 19.8 Å². The standard InChI is InChI=1S/C24H44N2O5SSi.C19H32N2O4S/c1-16(2)19(26(10)22(28)31-23(4,5)6)13-20(30-17(3)27)21-25-18(15-32-21)14-29-33(11,12)24(7,8)9;1-9-14-11-26-17(20-14)16(24-13(4)22)10-15(12(2)3)21(8)18(23)25-19(5,6)7/h15-16,19-20H,13-14H2,1-12H3;11-12,15-16H,9-10H2,1-8H3/t19?,20-;15?,16-/m10/s1. The molecule has 0 saturated heterocycles. The van der Waals surface area contributed by atoms with Crippen molar-refractivity contribution in [2.75, 3.05) is 14.1 Å². The number of amides is 2. The molecule has 0 saturated carbocycles. The molecule has 2 amide bonds. The fourth-order valence-corrected chi connectivity index (χ4v) is 8.30. The van der Waals surface area contributed by atoms with Crippen molar-refractivity contribution < 1.29 is 42.6 Å². The third-order valence-corrected chi connectivity index (χ3v) is 16.3. The summed E-state index contributed by atoms with van der Waals surface area (Å²) in [4.78, 5) is 61.1. The van der Waals surface area contributed by atoms with Gasteiger partial charge in [-0.1, -0.05) is 55.4 Å². The zero-order valence-corrected chi connectivity index (χ0v) is 42.4. The van der Waals surface area contributed by atoms with E-state index in [9.17, 15) is 19.2 Å². The number of carbonyl (C=O) groups excluding carboxylic acids is 4. The Morgan fingerprint density at radius 2 is 1.03 bits per heavy atom. The average molecular weight is 885 g/mol. The molecule has 16 heteroatoms. The lowest BCUT2D eigenvalue weighted by molar-refractivity contribution is -0.149. The van der Waals surface area contributed by atoms with Crippen LogP contribution in [-0.4, -0.2) is 89.6 Å². The van der Waals surface area contributed by atoms with Gasteiger partial charge in [0.1, 0.15) is 21.2 Å². The molecule has 59 heavy (non-hydrogen) atoms. The lowest BCUT2D eigenvalue weighted by Gasteiger charge is -2.35. The van der Waals surface area contributed by atoms with Crippen LogP contribution in [0.1, 0.15) is 157 Å². The monoisotopic (exact) mass is 884 g/mol. The maximum atomic E-state index is 12.7. The van der Waals surface area contributed by atoms with Gasteiger partial charge < -0.3 is 33.2 Å². The van der Waals surface area contributed by atoms with E-state index in [4.69, 9.17) is 28.4 Å². The van der Waals surface area contributed by atoms with Crippen LogP contribution in [0.3, 0.4) is 0 Å². The van der Waals surface area contributed by atoms with E-state index in [2.05, 4.69) is 38.8 Å². The highest BCUT2D eigenvalue weighted by molar-refractivity contribution is 7.10. The molecular weight excluding hydrogens is 809 g/mol. The minimum Gasteiger partial charge on any atom is -0.455 e. The predicted molar refractivity (Wildman–Crippen MR) is 239 cm³/mol. The van der Waals surface area contributed by atoms with Crippen LogP contribution in [0, 0.1) is 11.8 Å². The average Bonchev–Trinajstić information content (AvgIpc) is 3.75. The van der Waals surface area contributed by atoms with Crippen molar-refractivity contribution in [2.24, 2.45) is 11.8 Å². The van der Waals surface area contributed by atoms with Gasteiger partial charge in [0, 0.05) is 63.6 Å². The van der Waals surface area contributed by atoms with Crippen LogP contribution < -0.4 is 0 Å². The highest BCUT2D eigenvalue weighted by Gasteiger charge is 2.38. The Morgan fingerprint density at radius 1 is 0.678 bits per heavy atom. The molecule has 4 atom stereocenters. The second kappa shape index (κ2) is 22.7. The molecule has 2 aromatic rings. The number of hydrogen-bond donors (Lipinski definition) is 0. The van der Waals surface area contributed by atoms with E-state index >= 15 is 0 Å². The first-order valence-electron chi connectivity index (χ1n) is 20.6. The largest absolute Gasteiger partial charge is 0.455 e. The molecule has 0 spiro atoms. The molecule has 0 radical (unpaired) electrons. The lowest BCUT2D eigenvalue weighted by atomic mass is 9.96. The molecule has 0 fully saturated rings. The summed E-state index contributed by atoms with van der Waals surface area (Å²) >= 11 is 2.94. The van der Waals surface area contributed by atoms with E-state index < -0.39 is 37.8 Å². The summed E-state index contributed by atoms with van der Waals surface area (Å²) in [5, 5.41) is 5.53. The molecule has 2 unspecified atom stereocenters. The molecular formula is C43H76N4O9S2Si. The first-order valence-corrected chi connectivity index (χ1v) is 25.2. The Labute approximate surface area is 364 Å². The number of carbonyl (C=O) groups is 4. The maximum Gasteiger partial charge on any atom is 0.410 e. The van der Waals surface area contributed by atoms with E-state index in [1.807, 2.05) is 86.9 Å². The summed E-state index contributed by atoms with van der Waals surface area (Å²) in [5.41, 5.74) is 0.659. The molecule has 2 heterocycles. The second-order valence-corrected chi connectivity index (χ2v) is 25.8. The summed E-state index contributed by atoms with van der Waals surface area (Å²) in [6.45, 7) is 35.5. The van der Waals surface area contributed by atoms with Crippen LogP contribution in [0.4, 0.5) is 9.59 Å². The molecule has 0 aliphatic carbocycles. The van der Waals surface area contributed by atoms with Crippen LogP contribution >= 0.6 is 22.7 Å². The third kappa shape index (κ3) is 19.0. The first kappa shape index (κ1) is 53.9. The number of hydrogen-bond acceptors (Lipinski definition) is 13. The van der Waals surface area contributed by atoms with Crippen molar-refractivity contribution >= 4 is 55.1 Å². The number of aromatic nitrogens is 2. The molecule has 2 aromatic heterocycles. The fraction of sp³-hybridized carbons (Fsp3) is 0.767. The van der Waals surface area contributed by atoms with E-state index in [1.165, 1.54) is 36.5 Å². The minimum absolute atomic E-state index is 0.114. The molecule has 0 N–H and O–H groups in total. The van der Waals surface area contributed by atoms with Crippen LogP contribution in [0.5, 0.6) is 0 Å². The molecule has 0 aromatic carbocycles. The summed E-state index contributed by atoms with van der Waals surface area (Å²) in [6.07, 6.45) is -0.0699. The molecule has 338 valence electrons. The highest BCUT2D eigenvalue weighted by Crippen LogP contribution is 2.38. The molecule has 0 aliphatic rings. The van der Waals surface area contributed by atoms with Crippen LogP contribution in [0.25, 0.3) is 0 Å². The Kier molecular flexibility index (Phi) is 20.7. The van der Waals surface area contributed by atoms with Gasteiger partial charge in [-0.05, 0) is 77.9 Å². The molecule has 0 bridgehead atoms. The number of ether oxygens (including phenoxy) is 4. The fourth-order valence-electron chi connectivity index (χ4n) is 5.57. The number of esters is 2. The van der Waals surface area contributed by atoms with Gasteiger partial charge in [-0.2, -0.15) is 0 Å². The van der Waals surface area contributed by atoms with Crippen LogP contribution in [-0.2, 0) is 46.0 Å². The van der Waals surface area contributed by atoms with Gasteiger partial charge in [-0.15, -0.1) is 22.7 Å². The Balaban J connectivity index is 0.000000607. The Morgan fingerprint density at radius 3 is 1.32 bits per heavy atom. The van der Waals surface area contributed by atoms with Gasteiger partial charge >= 0.3 is 24.1 Å². The van der Waals surface area contributed by atoms with E-state index in [1.54, 1.807) is 23.9 Å². The quantitative estimate of drug-likeness (QED) is 0.0901. The summed E-state index contributed by atoms with van der Waals surface area (Å²) in [7, 11) is 1.55. The summed E-state index contributed by atoms with van der Waals surface area (Å²) in [6, 6.07) is -0.344. The van der Waals surface area contributed by atoms with Gasteiger partial charge in [-0.25, -0.2) is 19.6 Å². The van der Waals surface area contributed by atoms with Crippen molar-refractivity contribution in [3.8, 4) is 0 Å². The van der Waals surface area contributed by atoms with Gasteiger partial charge in [0.25, 0.3) is 0 Å². The van der Waals surface area contributed by atoms with Crippen LogP contribution in [0.2, 0.25) is 18.1 Å². The highest BCUT2D eigenvalue weighted by atomic mass is 32.1. The molecule has 13 nitrogen and oxygen atoms in total. The number of aryl methyl sites for hydroxylation is 1. The van der Waals surface area contributed by atoms with E-state index in [0.717, 1.165) is 22.8 Å². The number of thiazole rings is 2. The molecule has 2 rings (SSSR count). The van der Waals surface area contributed by atoms with Gasteiger partial charge in [-0.3, -0.25) is 9.59 Å². The second-order valence-electron chi connectivity index (χ2n) is 19.2. The first-order chi connectivity index (χ1) is 26.8. The SMILES string of the molecule is CC(=O)O[C@H](CC(C(C)C)N(C)C(=O)OC(C)(C)C)c1nc(CO[Si](C)(C)C(C)(C)C)cs1.CCc1csc([C@H](CC(C(C)C)N(C)C(=O)OC(C)(C)C)OC(C)=O)n1. The maximum absolute atomic E-state index is 12.7. The van der Waals surface area contributed by atoms with Crippen molar-refractivity contribution in [1.29, 1.82) is 0 Å². The van der Waals surface area contributed by atoms with Gasteiger partial charge in [0.2, 0.25) is 0 Å². The topological polar surface area (TPSA) is 147 Å². The van der Waals surface area contributed by atoms with Crippen molar-refractivity contribution in [2.45, 2.75) is 190 Å². The van der Waals surface area contributed by atoms with Crippen molar-refractivity contribution in [3.05, 3.63) is 32.2 Å². The normalized spacial score (nSPS) is 14.4. The van der Waals surface area contributed by atoms with Crippen molar-refractivity contribution in [3.63, 3.8) is 0 Å². The lowest BCUT2D eigenvalue weighted by Crippen LogP contribution is -2.44. The smallest absolute Gasteiger partial charge is 0.410 e. The van der Waals surface area contributed by atoms with Crippen LogP contribution in [0.15, 0.2) is 10.8 Å². The zero-order chi connectivity index (χ0) is 45.8. The summed E-state index contributed by atoms with van der Waals surface area (Å²) < 4.78 is 28.5. The third-order valence-electron chi connectivity index (χ3n) is 9.86. The number of rotatable bonds is 16. The molecule has 0 aliphatic heterocycles. The van der Waals surface area contributed by atoms with E-state index in [-0.39, 0.29) is 47.0 Å². The summed E-state index contributed by atoms with van der Waals surface area (Å²) in [5.74, 6) is -0.444. The Hall–Kier alpha value is -3.08.